The van der Waals surface area contributed by atoms with Crippen molar-refractivity contribution in [2.75, 3.05) is 0 Å². The molecule has 1 rings (SSSR count). The number of carbonyl (C=O) groups excluding carboxylic acids is 3. The molecule has 0 fully saturated rings. The zero-order valence-electron chi connectivity index (χ0n) is 21.6. The van der Waals surface area contributed by atoms with Gasteiger partial charge in [-0.15, -0.1) is 0 Å². The van der Waals surface area contributed by atoms with Crippen LogP contribution in [-0.2, 0) is 30.4 Å². The highest BCUT2D eigenvalue weighted by Gasteiger charge is 2.33. The number of carbonyl (C=O) groups is 5. The van der Waals surface area contributed by atoms with Crippen molar-refractivity contribution in [2.45, 2.75) is 77.5 Å². The summed E-state index contributed by atoms with van der Waals surface area (Å²) < 4.78 is 0. The Labute approximate surface area is 216 Å². The predicted molar refractivity (Wildman–Crippen MR) is 134 cm³/mol. The van der Waals surface area contributed by atoms with Gasteiger partial charge in [-0.25, -0.2) is 4.79 Å². The first-order chi connectivity index (χ1) is 17.2. The molecule has 0 saturated carbocycles. The standard InChI is InChI=1S/C25H38N4O8/c1-5-14(4)21(24(35)28-19(25(36)37)12-20(31)32)29-23(34)18(11-15-6-8-16(30)9-7-15)27-22(33)17(26)10-13(2)3/h6-9,13-14,17-19,21,30H,5,10-12,26H2,1-4H3,(H,27,33)(H,28,35)(H,29,34)(H,31,32)(H,36,37). The molecule has 5 unspecified atom stereocenters. The van der Waals surface area contributed by atoms with Gasteiger partial charge >= 0.3 is 11.9 Å². The number of carboxylic acids is 2. The van der Waals surface area contributed by atoms with Crippen molar-refractivity contribution in [2.24, 2.45) is 17.6 Å². The number of nitrogens with one attached hydrogen (secondary N) is 3. The number of nitrogens with two attached hydrogens (primary N) is 1. The Morgan fingerprint density at radius 2 is 1.43 bits per heavy atom. The lowest BCUT2D eigenvalue weighted by atomic mass is 9.96. The number of phenolic OH excluding ortho intramolecular Hbond substituents is 1. The van der Waals surface area contributed by atoms with Crippen molar-refractivity contribution in [1.82, 2.24) is 16.0 Å². The van der Waals surface area contributed by atoms with E-state index >= 15 is 0 Å². The van der Waals surface area contributed by atoms with Crippen LogP contribution in [0.1, 0.15) is 52.5 Å². The Kier molecular flexibility index (Phi) is 12.5. The van der Waals surface area contributed by atoms with E-state index in [1.807, 2.05) is 13.8 Å². The second kappa shape index (κ2) is 14.8. The molecule has 0 aromatic heterocycles. The largest absolute Gasteiger partial charge is 0.508 e. The van der Waals surface area contributed by atoms with Gasteiger partial charge in [-0.05, 0) is 36.0 Å². The van der Waals surface area contributed by atoms with Crippen molar-refractivity contribution < 1.29 is 39.3 Å². The number of benzene rings is 1. The van der Waals surface area contributed by atoms with Crippen molar-refractivity contribution in [3.8, 4) is 5.75 Å². The summed E-state index contributed by atoms with van der Waals surface area (Å²) in [6.07, 6.45) is 0.00804. The molecular weight excluding hydrogens is 484 g/mol. The van der Waals surface area contributed by atoms with E-state index < -0.39 is 66.2 Å². The van der Waals surface area contributed by atoms with Crippen LogP contribution in [0.5, 0.6) is 5.75 Å². The lowest BCUT2D eigenvalue weighted by molar-refractivity contribution is -0.147. The zero-order chi connectivity index (χ0) is 28.3. The van der Waals surface area contributed by atoms with Crippen LogP contribution >= 0.6 is 0 Å². The van der Waals surface area contributed by atoms with Gasteiger partial charge in [0.25, 0.3) is 0 Å². The highest BCUT2D eigenvalue weighted by atomic mass is 16.4. The molecule has 0 aliphatic heterocycles. The van der Waals surface area contributed by atoms with Crippen LogP contribution < -0.4 is 21.7 Å². The second-order valence-corrected chi connectivity index (χ2v) is 9.54. The van der Waals surface area contributed by atoms with Crippen LogP contribution in [0.25, 0.3) is 0 Å². The molecule has 0 spiro atoms. The number of amides is 3. The molecular formula is C25H38N4O8. The van der Waals surface area contributed by atoms with Crippen LogP contribution in [0.2, 0.25) is 0 Å². The number of aromatic hydroxyl groups is 1. The van der Waals surface area contributed by atoms with Gasteiger partial charge in [0.1, 0.15) is 23.9 Å². The third-order valence-electron chi connectivity index (χ3n) is 5.86. The molecule has 37 heavy (non-hydrogen) atoms. The summed E-state index contributed by atoms with van der Waals surface area (Å²) in [6, 6.07) is 1.14. The maximum atomic E-state index is 13.3. The molecule has 5 atom stereocenters. The Bertz CT molecular complexity index is 951. The summed E-state index contributed by atoms with van der Waals surface area (Å²) in [7, 11) is 0. The molecule has 0 saturated heterocycles. The van der Waals surface area contributed by atoms with E-state index in [0.717, 1.165) is 0 Å². The Balaban J connectivity index is 3.17. The molecule has 12 nitrogen and oxygen atoms in total. The molecule has 1 aromatic carbocycles. The Morgan fingerprint density at radius 3 is 1.92 bits per heavy atom. The van der Waals surface area contributed by atoms with Gasteiger partial charge in [0, 0.05) is 6.42 Å². The van der Waals surface area contributed by atoms with Crippen LogP contribution in [0.4, 0.5) is 0 Å². The van der Waals surface area contributed by atoms with Crippen molar-refractivity contribution in [1.29, 1.82) is 0 Å². The van der Waals surface area contributed by atoms with Crippen LogP contribution in [0.15, 0.2) is 24.3 Å². The van der Waals surface area contributed by atoms with Crippen LogP contribution in [0.3, 0.4) is 0 Å². The van der Waals surface area contributed by atoms with Gasteiger partial charge in [-0.2, -0.15) is 0 Å². The average molecular weight is 523 g/mol. The van der Waals surface area contributed by atoms with E-state index in [-0.39, 0.29) is 18.1 Å². The number of phenols is 1. The number of hydrogen-bond donors (Lipinski definition) is 7. The molecule has 0 aliphatic carbocycles. The smallest absolute Gasteiger partial charge is 0.326 e. The summed E-state index contributed by atoms with van der Waals surface area (Å²) in [4.78, 5) is 61.4. The first-order valence-electron chi connectivity index (χ1n) is 12.1. The molecule has 0 aliphatic rings. The van der Waals surface area contributed by atoms with Gasteiger partial charge in [-0.1, -0.05) is 46.2 Å². The molecule has 12 heteroatoms. The van der Waals surface area contributed by atoms with E-state index in [4.69, 9.17) is 10.8 Å². The maximum absolute atomic E-state index is 13.3. The van der Waals surface area contributed by atoms with E-state index in [2.05, 4.69) is 16.0 Å². The number of aliphatic carboxylic acids is 2. The molecule has 0 radical (unpaired) electrons. The predicted octanol–water partition coefficient (Wildman–Crippen LogP) is 0.368. The highest BCUT2D eigenvalue weighted by molar-refractivity contribution is 5.95. The minimum absolute atomic E-state index is 0.0237. The van der Waals surface area contributed by atoms with Crippen LogP contribution in [-0.4, -0.2) is 69.1 Å². The van der Waals surface area contributed by atoms with E-state index in [1.165, 1.54) is 12.1 Å². The van der Waals surface area contributed by atoms with E-state index in [0.29, 0.717) is 18.4 Å². The summed E-state index contributed by atoms with van der Waals surface area (Å²) in [6.45, 7) is 7.24. The lowest BCUT2D eigenvalue weighted by Crippen LogP contribution is -2.59. The maximum Gasteiger partial charge on any atom is 0.326 e. The molecule has 0 heterocycles. The second-order valence-electron chi connectivity index (χ2n) is 9.54. The van der Waals surface area contributed by atoms with E-state index in [9.17, 15) is 34.2 Å². The summed E-state index contributed by atoms with van der Waals surface area (Å²) in [5.74, 6) is -5.34. The number of hydrogen-bond acceptors (Lipinski definition) is 7. The van der Waals surface area contributed by atoms with Gasteiger partial charge in [0.15, 0.2) is 0 Å². The monoisotopic (exact) mass is 522 g/mol. The fourth-order valence-corrected chi connectivity index (χ4v) is 3.56. The normalized spacial score (nSPS) is 15.1. The van der Waals surface area contributed by atoms with Gasteiger partial charge in [0.2, 0.25) is 17.7 Å². The quantitative estimate of drug-likeness (QED) is 0.169. The first-order valence-corrected chi connectivity index (χ1v) is 12.1. The minimum atomic E-state index is -1.69. The molecule has 3 amide bonds. The van der Waals surface area contributed by atoms with Crippen molar-refractivity contribution in [3.63, 3.8) is 0 Å². The molecule has 206 valence electrons. The molecule has 0 bridgehead atoms. The average Bonchev–Trinajstić information content (AvgIpc) is 2.81. The third-order valence-corrected chi connectivity index (χ3v) is 5.86. The molecule has 8 N–H and O–H groups in total. The zero-order valence-corrected chi connectivity index (χ0v) is 21.6. The summed E-state index contributed by atoms with van der Waals surface area (Å²) in [5.41, 5.74) is 6.60. The van der Waals surface area contributed by atoms with Gasteiger partial charge in [0.05, 0.1) is 12.5 Å². The molecule has 1 aromatic rings. The van der Waals surface area contributed by atoms with Crippen molar-refractivity contribution >= 4 is 29.7 Å². The van der Waals surface area contributed by atoms with Gasteiger partial charge in [-0.3, -0.25) is 19.2 Å². The van der Waals surface area contributed by atoms with E-state index in [1.54, 1.807) is 26.0 Å². The van der Waals surface area contributed by atoms with Crippen molar-refractivity contribution in [3.05, 3.63) is 29.8 Å². The Hall–Kier alpha value is -3.67. The van der Waals surface area contributed by atoms with Crippen LogP contribution in [0, 0.1) is 11.8 Å². The lowest BCUT2D eigenvalue weighted by Gasteiger charge is -2.28. The highest BCUT2D eigenvalue weighted by Crippen LogP contribution is 2.14. The number of rotatable bonds is 15. The SMILES string of the molecule is CCC(C)C(NC(=O)C(Cc1ccc(O)cc1)NC(=O)C(N)CC(C)C)C(=O)NC(CC(=O)O)C(=O)O. The fourth-order valence-electron chi connectivity index (χ4n) is 3.56. The minimum Gasteiger partial charge on any atom is -0.508 e. The first kappa shape index (κ1) is 31.4. The third kappa shape index (κ3) is 10.9. The van der Waals surface area contributed by atoms with Gasteiger partial charge < -0.3 is 37.0 Å². The fraction of sp³-hybridized carbons (Fsp3) is 0.560. The topological polar surface area (TPSA) is 208 Å². The Morgan fingerprint density at radius 1 is 0.865 bits per heavy atom. The number of carboxylic acid groups (broad SMARTS) is 2. The summed E-state index contributed by atoms with van der Waals surface area (Å²) in [5, 5.41) is 35.2. The summed E-state index contributed by atoms with van der Waals surface area (Å²) >= 11 is 0.